The second-order valence-corrected chi connectivity index (χ2v) is 10.6. The van der Waals surface area contributed by atoms with E-state index in [1.807, 2.05) is 0 Å². The average molecular weight is 387 g/mol. The van der Waals surface area contributed by atoms with Gasteiger partial charge in [0.2, 0.25) is 0 Å². The van der Waals surface area contributed by atoms with E-state index in [0.29, 0.717) is 0 Å². The maximum Gasteiger partial charge on any atom is 0.0272 e. The summed E-state index contributed by atoms with van der Waals surface area (Å²) in [5, 5.41) is 5.64. The molecule has 5 aliphatic rings. The van der Waals surface area contributed by atoms with Gasteiger partial charge in [0.1, 0.15) is 0 Å². The van der Waals surface area contributed by atoms with Gasteiger partial charge >= 0.3 is 0 Å². The Balaban J connectivity index is 1.54. The molecule has 0 amide bonds. The van der Waals surface area contributed by atoms with Gasteiger partial charge in [0.05, 0.1) is 0 Å². The minimum Gasteiger partial charge on any atom is -0.0616 e. The first-order chi connectivity index (χ1) is 14.8. The van der Waals surface area contributed by atoms with E-state index in [4.69, 9.17) is 0 Å². The molecule has 0 atom stereocenters. The molecule has 5 aliphatic carbocycles. The molecule has 0 radical (unpaired) electrons. The van der Waals surface area contributed by atoms with E-state index in [1.54, 1.807) is 16.7 Å². The third-order valence-corrected chi connectivity index (χ3v) is 9.40. The van der Waals surface area contributed by atoms with Crippen LogP contribution in [0.3, 0.4) is 0 Å². The third kappa shape index (κ3) is 1.77. The van der Waals surface area contributed by atoms with E-state index in [0.717, 1.165) is 23.7 Å². The second-order valence-electron chi connectivity index (χ2n) is 10.6. The molecule has 4 aromatic carbocycles. The zero-order valence-corrected chi connectivity index (χ0v) is 17.3. The van der Waals surface area contributed by atoms with E-state index in [1.165, 1.54) is 59.2 Å². The van der Waals surface area contributed by atoms with Crippen molar-refractivity contribution in [1.29, 1.82) is 0 Å². The highest BCUT2D eigenvalue weighted by molar-refractivity contribution is 6.05. The zero-order valence-electron chi connectivity index (χ0n) is 17.3. The van der Waals surface area contributed by atoms with Gasteiger partial charge in [0.15, 0.2) is 0 Å². The lowest BCUT2D eigenvalue weighted by Crippen LogP contribution is -2.55. The molecule has 4 fully saturated rings. The Morgan fingerprint density at radius 2 is 1.20 bits per heavy atom. The summed E-state index contributed by atoms with van der Waals surface area (Å²) in [5.74, 6) is 3.64. The zero-order chi connectivity index (χ0) is 19.4. The lowest BCUT2D eigenvalue weighted by atomic mass is 9.43. The van der Waals surface area contributed by atoms with Crippen molar-refractivity contribution in [2.45, 2.75) is 37.5 Å². The van der Waals surface area contributed by atoms with Crippen molar-refractivity contribution in [3.05, 3.63) is 83.9 Å². The topological polar surface area (TPSA) is 0 Å². The molecule has 9 rings (SSSR count). The Labute approximate surface area is 177 Å². The third-order valence-electron chi connectivity index (χ3n) is 9.40. The van der Waals surface area contributed by atoms with Crippen molar-refractivity contribution >= 4 is 21.5 Å². The number of hydrogen-bond acceptors (Lipinski definition) is 0. The van der Waals surface area contributed by atoms with Crippen LogP contribution < -0.4 is 0 Å². The van der Waals surface area contributed by atoms with Crippen LogP contribution in [0.1, 0.15) is 43.2 Å². The Morgan fingerprint density at radius 3 is 1.93 bits per heavy atom. The fraction of sp³-hybridized carbons (Fsp3) is 0.333. The van der Waals surface area contributed by atoms with Crippen molar-refractivity contribution in [3.63, 3.8) is 0 Å². The van der Waals surface area contributed by atoms with E-state index in [9.17, 15) is 0 Å². The van der Waals surface area contributed by atoms with Crippen LogP contribution in [-0.2, 0) is 5.41 Å². The van der Waals surface area contributed by atoms with Crippen LogP contribution in [0.5, 0.6) is 0 Å². The summed E-state index contributed by atoms with van der Waals surface area (Å²) in [6.07, 6.45) is 7.31. The molecule has 0 saturated heterocycles. The quantitative estimate of drug-likeness (QED) is 0.290. The van der Waals surface area contributed by atoms with Crippen molar-refractivity contribution in [2.24, 2.45) is 23.7 Å². The number of benzene rings is 4. The summed E-state index contributed by atoms with van der Waals surface area (Å²) in [4.78, 5) is 0. The maximum atomic E-state index is 2.60. The van der Waals surface area contributed by atoms with Crippen molar-refractivity contribution in [3.8, 4) is 11.1 Å². The van der Waals surface area contributed by atoms with Gasteiger partial charge < -0.3 is 0 Å². The predicted octanol–water partition coefficient (Wildman–Crippen LogP) is 7.72. The highest BCUT2D eigenvalue weighted by Gasteiger charge is 2.61. The summed E-state index contributed by atoms with van der Waals surface area (Å²) < 4.78 is 0. The number of hydrogen-bond donors (Lipinski definition) is 0. The molecule has 0 aliphatic heterocycles. The van der Waals surface area contributed by atoms with Crippen LogP contribution in [0.15, 0.2) is 72.8 Å². The van der Waals surface area contributed by atoms with Gasteiger partial charge in [0.25, 0.3) is 0 Å². The lowest BCUT2D eigenvalue weighted by molar-refractivity contribution is -0.0398. The smallest absolute Gasteiger partial charge is 0.0272 e. The molecule has 1 spiro atoms. The van der Waals surface area contributed by atoms with Gasteiger partial charge in [-0.15, -0.1) is 0 Å². The Bertz CT molecular complexity index is 1330. The summed E-state index contributed by atoms with van der Waals surface area (Å²) in [5.41, 5.74) is 6.68. The second kappa shape index (κ2) is 5.35. The fourth-order valence-corrected chi connectivity index (χ4v) is 8.65. The molecule has 30 heavy (non-hydrogen) atoms. The van der Waals surface area contributed by atoms with E-state index in [-0.39, 0.29) is 5.41 Å². The normalized spacial score (nSPS) is 32.8. The molecule has 146 valence electrons. The molecule has 0 aromatic heterocycles. The summed E-state index contributed by atoms with van der Waals surface area (Å²) in [7, 11) is 0. The lowest BCUT2D eigenvalue weighted by Gasteiger charge is -2.61. The Hall–Kier alpha value is -2.60. The van der Waals surface area contributed by atoms with Gasteiger partial charge in [-0.25, -0.2) is 0 Å². The maximum absolute atomic E-state index is 2.60. The Kier molecular flexibility index (Phi) is 2.88. The molecular weight excluding hydrogens is 360 g/mol. The molecule has 0 unspecified atom stereocenters. The Morgan fingerprint density at radius 1 is 0.567 bits per heavy atom. The van der Waals surface area contributed by atoms with Crippen LogP contribution in [0.25, 0.3) is 32.7 Å². The molecule has 0 heterocycles. The highest BCUT2D eigenvalue weighted by atomic mass is 14.6. The molecular formula is C30H26. The van der Waals surface area contributed by atoms with E-state index in [2.05, 4.69) is 72.8 Å². The van der Waals surface area contributed by atoms with Crippen LogP contribution in [-0.4, -0.2) is 0 Å². The van der Waals surface area contributed by atoms with E-state index >= 15 is 0 Å². The largest absolute Gasteiger partial charge is 0.0616 e. The summed E-state index contributed by atoms with van der Waals surface area (Å²) in [6, 6.07) is 28.1. The number of fused-ring (bicyclic) bond motifs is 6. The van der Waals surface area contributed by atoms with Gasteiger partial charge in [-0.2, -0.15) is 0 Å². The SMILES string of the molecule is c1ccc2cc3c(cc2c1)-c1c(ccc2ccccc12)C31C2CC3CC(C2)CC1C3. The van der Waals surface area contributed by atoms with Gasteiger partial charge in [-0.05, 0) is 112 Å². The van der Waals surface area contributed by atoms with Crippen LogP contribution in [0, 0.1) is 23.7 Å². The molecule has 4 saturated carbocycles. The van der Waals surface area contributed by atoms with Gasteiger partial charge in [-0.1, -0.05) is 60.7 Å². The molecule has 0 heteroatoms. The summed E-state index contributed by atoms with van der Waals surface area (Å²) >= 11 is 0. The standard InChI is InChI=1S/C30H26/c1-2-7-22-17-28-26(16-21(22)6-1)29-25-8-4-3-5-20(25)9-10-27(29)30(28)23-12-18-11-19(14-23)15-24(30)13-18/h1-10,16-19,23-24H,11-15H2. The molecule has 4 aromatic rings. The van der Waals surface area contributed by atoms with Gasteiger partial charge in [-0.3, -0.25) is 0 Å². The minimum absolute atomic E-state index is 0.256. The van der Waals surface area contributed by atoms with Crippen LogP contribution in [0.4, 0.5) is 0 Å². The molecule has 4 bridgehead atoms. The van der Waals surface area contributed by atoms with Crippen LogP contribution in [0.2, 0.25) is 0 Å². The molecule has 0 N–H and O–H groups in total. The van der Waals surface area contributed by atoms with Crippen molar-refractivity contribution < 1.29 is 0 Å². The van der Waals surface area contributed by atoms with Crippen molar-refractivity contribution in [2.75, 3.05) is 0 Å². The summed E-state index contributed by atoms with van der Waals surface area (Å²) in [6.45, 7) is 0. The first-order valence-electron chi connectivity index (χ1n) is 11.9. The molecule has 0 nitrogen and oxygen atoms in total. The first kappa shape index (κ1) is 16.1. The monoisotopic (exact) mass is 386 g/mol. The van der Waals surface area contributed by atoms with E-state index < -0.39 is 0 Å². The van der Waals surface area contributed by atoms with Gasteiger partial charge in [0, 0.05) is 5.41 Å². The van der Waals surface area contributed by atoms with Crippen LogP contribution >= 0.6 is 0 Å². The first-order valence-corrected chi connectivity index (χ1v) is 11.9. The van der Waals surface area contributed by atoms with Crippen molar-refractivity contribution in [1.82, 2.24) is 0 Å². The minimum atomic E-state index is 0.256. The number of rotatable bonds is 0. The average Bonchev–Trinajstić information content (AvgIpc) is 3.06. The highest BCUT2D eigenvalue weighted by Crippen LogP contribution is 2.70. The predicted molar refractivity (Wildman–Crippen MR) is 125 cm³/mol. The fourth-order valence-electron chi connectivity index (χ4n) is 8.65.